The average Bonchev–Trinajstić information content (AvgIpc) is 0.813. The van der Waals surface area contributed by atoms with E-state index in [1.165, 1.54) is 50.5 Å². The van der Waals surface area contributed by atoms with Crippen molar-refractivity contribution in [1.82, 2.24) is 68.8 Å². The number of aromatic nitrogens is 1. The molecule has 20 N–H and O–H groups in total. The molecule has 14 atom stereocenters. The van der Waals surface area contributed by atoms with Crippen LogP contribution in [0.4, 0.5) is 4.79 Å². The lowest BCUT2D eigenvalue weighted by Crippen LogP contribution is -2.65. The summed E-state index contributed by atoms with van der Waals surface area (Å²) in [5, 5.41) is 74.0. The Bertz CT molecular complexity index is 3040. The van der Waals surface area contributed by atoms with E-state index in [2.05, 4.69) is 73.8 Å². The number of nitrogens with one attached hydrogen (secondary N) is 12. The van der Waals surface area contributed by atoms with Crippen LogP contribution in [0.5, 0.6) is 0 Å². The fraction of sp³-hybridized carbons (Fsp3) is 0.625. The molecular formula is C64H104N16O17Si. The smallest absolute Gasteiger partial charge is 0.408 e. The van der Waals surface area contributed by atoms with Crippen LogP contribution in [-0.4, -0.2) is 215 Å². The van der Waals surface area contributed by atoms with E-state index >= 15 is 14.4 Å². The summed E-state index contributed by atoms with van der Waals surface area (Å²) < 4.78 is 5.50. The van der Waals surface area contributed by atoms with Crippen LogP contribution in [0.3, 0.4) is 0 Å². The minimum Gasteiger partial charge on any atom is -0.444 e. The van der Waals surface area contributed by atoms with E-state index in [9.17, 15) is 63.6 Å². The number of carbonyl (C=O) groups excluding carboxylic acids is 12. The first-order valence-electron chi connectivity index (χ1n) is 32.8. The zero-order valence-corrected chi connectivity index (χ0v) is 59.0. The van der Waals surface area contributed by atoms with Crippen molar-refractivity contribution < 1.29 is 82.7 Å². The van der Waals surface area contributed by atoms with Gasteiger partial charge in [0.15, 0.2) is 5.96 Å². The van der Waals surface area contributed by atoms with Crippen molar-refractivity contribution in [2.24, 2.45) is 28.3 Å². The Labute approximate surface area is 572 Å². The Hall–Kier alpha value is -8.86. The Morgan fingerprint density at radius 2 is 1.21 bits per heavy atom. The number of benzene rings is 1. The van der Waals surface area contributed by atoms with Crippen LogP contribution in [-0.2, 0) is 63.9 Å². The zero-order chi connectivity index (χ0) is 73.8. The van der Waals surface area contributed by atoms with Crippen molar-refractivity contribution >= 4 is 85.1 Å². The minimum absolute atomic E-state index is 0.0383. The number of guanidine groups is 1. The third-order valence-electron chi connectivity index (χ3n) is 15.6. The predicted molar refractivity (Wildman–Crippen MR) is 363 cm³/mol. The van der Waals surface area contributed by atoms with Crippen molar-refractivity contribution in [1.29, 1.82) is 0 Å². The van der Waals surface area contributed by atoms with Gasteiger partial charge in [-0.25, -0.2) is 4.79 Å². The van der Waals surface area contributed by atoms with Crippen molar-refractivity contribution in [2.75, 3.05) is 26.3 Å². The monoisotopic (exact) mass is 1400 g/mol. The van der Waals surface area contributed by atoms with Gasteiger partial charge in [-0.1, -0.05) is 110 Å². The number of aliphatic hydroxyl groups excluding tert-OH is 4. The third-order valence-corrected chi connectivity index (χ3v) is 17.2. The molecule has 0 saturated carbocycles. The molecule has 2 heterocycles. The first kappa shape index (κ1) is 83.4. The summed E-state index contributed by atoms with van der Waals surface area (Å²) in [6, 6.07) is -8.38. The van der Waals surface area contributed by atoms with Crippen LogP contribution in [0.15, 0.2) is 59.9 Å². The molecule has 1 aromatic carbocycles. The lowest BCUT2D eigenvalue weighted by Gasteiger charge is -2.34. The summed E-state index contributed by atoms with van der Waals surface area (Å²) in [7, 11) is -2.27. The van der Waals surface area contributed by atoms with Gasteiger partial charge >= 0.3 is 6.09 Å². The van der Waals surface area contributed by atoms with E-state index in [1.807, 2.05) is 19.6 Å². The standard InChI is InChI=1S/C64H104N16O17Si/c1-13-15-24-39-52(86)71-40(25-20-27-68-62(65)66)53(87)76-46(35(5)14-2)59(93)77-47(36(6)83)58(92)69-30-45(84)70-42(31-81)55(89)74-43(32-82)56(90)78-48(38-22-17-16-18-23-38)49(60(94)80-50(61(95)72-39)51(85)34(3)4)79-54(88)41(28-37-21-19-26-67-29-37)73-57(91)44(33-98(10,11)12)75-63(96)97-64(7,8)9/h16-19,21-23,26,29,34-36,39-44,46-51,81-83,85H,13-15,20,24-25,27-28,30-33H2,1-12H3,(H,69,92)(H,70,84)(H,71,86)(H,72,95)(H,73,91)(H,74,89)(H,75,96)(H,76,87)(H,77,93)(H,78,90)(H,79,88)(H,80,94)(H4,65,66,68)/t35-,36-,39-,40+,41-,42-,43?,44+,46-,47-,48+,49-,50-,51+/m0/s1. The molecular weight excluding hydrogens is 1290 g/mol. The number of hydrogen-bond donors (Lipinski definition) is 18. The van der Waals surface area contributed by atoms with Crippen molar-refractivity contribution in [3.63, 3.8) is 0 Å². The molecule has 0 spiro atoms. The highest BCUT2D eigenvalue weighted by Crippen LogP contribution is 2.22. The van der Waals surface area contributed by atoms with Gasteiger partial charge in [0, 0.05) is 33.4 Å². The molecule has 1 aliphatic heterocycles. The molecule has 98 heavy (non-hydrogen) atoms. The van der Waals surface area contributed by atoms with Gasteiger partial charge in [0.05, 0.1) is 38.0 Å². The van der Waals surface area contributed by atoms with Gasteiger partial charge in [-0.3, -0.25) is 62.7 Å². The van der Waals surface area contributed by atoms with Gasteiger partial charge in [-0.15, -0.1) is 0 Å². The van der Waals surface area contributed by atoms with E-state index in [0.717, 1.165) is 6.92 Å². The maximum Gasteiger partial charge on any atom is 0.408 e. The normalized spacial score (nSPS) is 23.4. The van der Waals surface area contributed by atoms with Crippen molar-refractivity contribution in [3.8, 4) is 0 Å². The molecule has 33 nitrogen and oxygen atoms in total. The average molecular weight is 1400 g/mol. The molecule has 0 radical (unpaired) electrons. The molecule has 1 saturated heterocycles. The first-order valence-corrected chi connectivity index (χ1v) is 36.5. The van der Waals surface area contributed by atoms with Crippen molar-refractivity contribution in [2.45, 2.75) is 217 Å². The molecule has 1 aromatic heterocycles. The molecule has 546 valence electrons. The second-order valence-corrected chi connectivity index (χ2v) is 32.3. The molecule has 34 heteroatoms. The van der Waals surface area contributed by atoms with Gasteiger partial charge in [0.2, 0.25) is 65.0 Å². The Morgan fingerprint density at radius 3 is 1.77 bits per heavy atom. The van der Waals surface area contributed by atoms with Crippen LogP contribution in [0.1, 0.15) is 118 Å². The predicted octanol–water partition coefficient (Wildman–Crippen LogP) is -3.12. The first-order chi connectivity index (χ1) is 45.9. The number of aliphatic hydroxyl groups is 4. The van der Waals surface area contributed by atoms with Gasteiger partial charge in [-0.05, 0) is 82.0 Å². The Morgan fingerprint density at radius 1 is 0.663 bits per heavy atom. The van der Waals surface area contributed by atoms with Crippen LogP contribution >= 0.6 is 0 Å². The maximum atomic E-state index is 15.7. The number of aliphatic imine (C=N–C) groups is 1. The fourth-order valence-electron chi connectivity index (χ4n) is 10.0. The SMILES string of the molecule is CCCC[C@@H]1NC(=O)[C@H]([C@H](O)C(C)C)NC(=O)[C@@H](NC(=O)[C@H](Cc2cccnc2)NC(=O)[C@@H](C[Si](C)(C)C)NC(=O)OC(C)(C)C)[C@@H](c2ccccc2)NC(=O)C(CO)NC(=O)[C@H](CO)NC(=O)CNC(=O)[C@H]([C@H](C)O)NC(=O)[C@H]([C@@H](C)CC)NC(=O)[C@@H](CCCN=C(N)N)NC1=O. The summed E-state index contributed by atoms with van der Waals surface area (Å²) in [4.78, 5) is 181. The number of carbonyl (C=O) groups is 12. The molecule has 0 bridgehead atoms. The lowest BCUT2D eigenvalue weighted by atomic mass is 9.94. The lowest BCUT2D eigenvalue weighted by molar-refractivity contribution is -0.139. The fourth-order valence-corrected chi connectivity index (χ4v) is 11.6. The van der Waals surface area contributed by atoms with Crippen LogP contribution in [0.25, 0.3) is 0 Å². The summed E-state index contributed by atoms with van der Waals surface area (Å²) >= 11 is 0. The van der Waals surface area contributed by atoms with E-state index < -0.39 is 195 Å². The molecule has 0 aliphatic carbocycles. The minimum atomic E-state index is -2.27. The Kier molecular flexibility index (Phi) is 34.1. The number of nitrogens with two attached hydrogens (primary N) is 2. The van der Waals surface area contributed by atoms with Gasteiger partial charge < -0.3 is 100 Å². The molecule has 1 fully saturated rings. The van der Waals surface area contributed by atoms with Crippen molar-refractivity contribution in [3.05, 3.63) is 66.0 Å². The largest absolute Gasteiger partial charge is 0.444 e. The summed E-state index contributed by atoms with van der Waals surface area (Å²) in [5.41, 5.74) is 10.6. The van der Waals surface area contributed by atoms with Crippen LogP contribution < -0.4 is 75.3 Å². The number of unbranched alkanes of at least 4 members (excludes halogenated alkanes) is 1. The van der Waals surface area contributed by atoms with Crippen LogP contribution in [0, 0.1) is 11.8 Å². The second kappa shape index (κ2) is 40.1. The van der Waals surface area contributed by atoms with Crippen LogP contribution in [0.2, 0.25) is 25.7 Å². The molecule has 1 unspecified atom stereocenters. The van der Waals surface area contributed by atoms with E-state index in [-0.39, 0.29) is 62.6 Å². The number of alkyl carbamates (subject to hydrolysis) is 1. The highest BCUT2D eigenvalue weighted by atomic mass is 28.3. The van der Waals surface area contributed by atoms with Gasteiger partial charge in [0.1, 0.15) is 66.0 Å². The maximum absolute atomic E-state index is 15.7. The summed E-state index contributed by atoms with van der Waals surface area (Å²) in [6.07, 6.45) is -1.08. The summed E-state index contributed by atoms with van der Waals surface area (Å²) in [5.74, 6) is -13.9. The highest BCUT2D eigenvalue weighted by molar-refractivity contribution is 6.76. The second-order valence-electron chi connectivity index (χ2n) is 26.8. The number of hydrogen-bond acceptors (Lipinski definition) is 19. The number of pyridine rings is 1. The van der Waals surface area contributed by atoms with Gasteiger partial charge in [0.25, 0.3) is 0 Å². The molecule has 1 aliphatic rings. The van der Waals surface area contributed by atoms with E-state index in [1.54, 1.807) is 59.7 Å². The molecule has 12 amide bonds. The quantitative estimate of drug-likeness (QED) is 0.0214. The molecule has 3 rings (SSSR count). The Balaban J connectivity index is 2.43. The number of rotatable bonds is 24. The van der Waals surface area contributed by atoms with E-state index in [4.69, 9.17) is 16.2 Å². The third kappa shape index (κ3) is 28.3. The molecule has 2 aromatic rings. The highest BCUT2D eigenvalue weighted by Gasteiger charge is 2.43. The number of amides is 12. The summed E-state index contributed by atoms with van der Waals surface area (Å²) in [6.45, 7) is 16.6. The van der Waals surface area contributed by atoms with E-state index in [0.29, 0.717) is 12.0 Å². The topological polar surface area (TPSA) is 517 Å². The number of ether oxygens (including phenoxy) is 1. The van der Waals surface area contributed by atoms with Gasteiger partial charge in [-0.2, -0.15) is 0 Å². The zero-order valence-electron chi connectivity index (χ0n) is 58.0. The number of nitrogens with zero attached hydrogens (tertiary/aromatic N) is 2.